The number of aromatic nitrogens is 2. The third-order valence-electron chi connectivity index (χ3n) is 4.25. The minimum atomic E-state index is -2.89. The first kappa shape index (κ1) is 19.0. The van der Waals surface area contributed by atoms with Crippen molar-refractivity contribution in [3.8, 4) is 0 Å². The predicted octanol–water partition coefficient (Wildman–Crippen LogP) is 6.24. The molecule has 0 spiro atoms. The zero-order valence-corrected chi connectivity index (χ0v) is 15.1. The fourth-order valence-electron chi connectivity index (χ4n) is 2.81. The average molecular weight is 390 g/mol. The second-order valence-electron chi connectivity index (χ2n) is 5.87. The molecule has 0 amide bonds. The maximum Gasteiger partial charge on any atom is 0.266 e. The van der Waals surface area contributed by atoms with Gasteiger partial charge in [0.05, 0.1) is 23.0 Å². The number of hydrogen-bond donors (Lipinski definition) is 1. The monoisotopic (exact) mass is 389 g/mol. The van der Waals surface area contributed by atoms with Crippen LogP contribution >= 0.6 is 11.6 Å². The number of benzene rings is 1. The Bertz CT molecular complexity index is 1050. The zero-order chi connectivity index (χ0) is 19.6. The molecule has 27 heavy (non-hydrogen) atoms. The van der Waals surface area contributed by atoms with Crippen molar-refractivity contribution in [2.45, 2.75) is 19.3 Å². The van der Waals surface area contributed by atoms with E-state index in [4.69, 9.17) is 11.6 Å². The lowest BCUT2D eigenvalue weighted by Gasteiger charge is -2.19. The van der Waals surface area contributed by atoms with Gasteiger partial charge in [-0.15, -0.1) is 5.73 Å². The Morgan fingerprint density at radius 3 is 2.67 bits per heavy atom. The van der Waals surface area contributed by atoms with E-state index in [1.165, 1.54) is 18.3 Å². The molecule has 3 aromatic rings. The highest BCUT2D eigenvalue weighted by molar-refractivity contribution is 6.30. The van der Waals surface area contributed by atoms with E-state index in [9.17, 15) is 13.2 Å². The van der Waals surface area contributed by atoms with Crippen LogP contribution in [0.2, 0.25) is 5.15 Å². The number of pyridine rings is 2. The zero-order valence-electron chi connectivity index (χ0n) is 14.3. The van der Waals surface area contributed by atoms with Crippen molar-refractivity contribution < 1.29 is 13.2 Å². The Morgan fingerprint density at radius 1 is 1.22 bits per heavy atom. The highest BCUT2D eigenvalue weighted by Gasteiger charge is 2.22. The van der Waals surface area contributed by atoms with Crippen molar-refractivity contribution in [2.75, 3.05) is 5.32 Å². The normalized spacial score (nSPS) is 12.1. The third-order valence-corrected chi connectivity index (χ3v) is 4.45. The van der Waals surface area contributed by atoms with Gasteiger partial charge < -0.3 is 5.32 Å². The van der Waals surface area contributed by atoms with Gasteiger partial charge >= 0.3 is 0 Å². The number of allylic oxidation sites excluding steroid dienone is 1. The lowest BCUT2D eigenvalue weighted by atomic mass is 9.95. The van der Waals surface area contributed by atoms with E-state index in [0.717, 1.165) is 6.07 Å². The first-order valence-electron chi connectivity index (χ1n) is 8.06. The van der Waals surface area contributed by atoms with Crippen molar-refractivity contribution in [1.29, 1.82) is 0 Å². The predicted molar refractivity (Wildman–Crippen MR) is 101 cm³/mol. The van der Waals surface area contributed by atoms with Crippen molar-refractivity contribution in [2.24, 2.45) is 0 Å². The molecule has 2 aromatic heterocycles. The average Bonchev–Trinajstić information content (AvgIpc) is 2.65. The van der Waals surface area contributed by atoms with Crippen LogP contribution in [0.4, 0.5) is 18.9 Å². The molecular formula is C20H15ClF3N3. The van der Waals surface area contributed by atoms with E-state index in [0.29, 0.717) is 27.4 Å². The number of nitrogens with one attached hydrogen (secondary N) is 1. The third kappa shape index (κ3) is 3.82. The molecule has 1 aromatic carbocycles. The first-order valence-corrected chi connectivity index (χ1v) is 8.43. The van der Waals surface area contributed by atoms with E-state index in [1.54, 1.807) is 25.3 Å². The van der Waals surface area contributed by atoms with Crippen LogP contribution < -0.4 is 5.32 Å². The molecule has 3 nitrogen and oxygen atoms in total. The number of rotatable bonds is 5. The van der Waals surface area contributed by atoms with Crippen molar-refractivity contribution in [1.82, 2.24) is 9.97 Å². The second kappa shape index (κ2) is 7.82. The molecule has 0 saturated carbocycles. The number of fused-ring (bicyclic) bond motifs is 1. The smallest absolute Gasteiger partial charge is 0.266 e. The van der Waals surface area contributed by atoms with Crippen molar-refractivity contribution >= 4 is 28.2 Å². The standard InChI is InChI=1S/C20H15ClF3N3/c1-3-15(11(2)12-5-4-6-13(19(12)22)20(23)24)27-16-7-8-25-17-10-26-18(21)9-14(16)17/h4-11,20H,1H2,2H3,(H,25,27)/t11-/m1/s1. The molecule has 138 valence electrons. The summed E-state index contributed by atoms with van der Waals surface area (Å²) in [5.41, 5.74) is 3.93. The second-order valence-corrected chi connectivity index (χ2v) is 6.26. The molecule has 0 saturated heterocycles. The van der Waals surface area contributed by atoms with Gasteiger partial charge in [-0.3, -0.25) is 4.98 Å². The molecule has 2 heterocycles. The number of anilines is 1. The fourth-order valence-corrected chi connectivity index (χ4v) is 2.97. The summed E-state index contributed by atoms with van der Waals surface area (Å²) < 4.78 is 40.5. The summed E-state index contributed by atoms with van der Waals surface area (Å²) in [6.07, 6.45) is 0.235. The van der Waals surface area contributed by atoms with Crippen LogP contribution in [-0.2, 0) is 0 Å². The largest absolute Gasteiger partial charge is 0.351 e. The van der Waals surface area contributed by atoms with Gasteiger partial charge in [0.1, 0.15) is 11.0 Å². The molecule has 0 aliphatic carbocycles. The molecule has 1 atom stereocenters. The van der Waals surface area contributed by atoms with Gasteiger partial charge in [-0.1, -0.05) is 43.3 Å². The molecule has 0 unspecified atom stereocenters. The Labute approximate surface area is 159 Å². The van der Waals surface area contributed by atoms with Gasteiger partial charge in [0.25, 0.3) is 6.43 Å². The van der Waals surface area contributed by atoms with Crippen molar-refractivity contribution in [3.63, 3.8) is 0 Å². The molecule has 7 heteroatoms. The van der Waals surface area contributed by atoms with Crippen LogP contribution in [0.1, 0.15) is 30.4 Å². The van der Waals surface area contributed by atoms with E-state index in [-0.39, 0.29) is 5.56 Å². The molecule has 0 bridgehead atoms. The van der Waals surface area contributed by atoms with E-state index >= 15 is 0 Å². The summed E-state index contributed by atoms with van der Waals surface area (Å²) >= 11 is 5.97. The molecule has 3 rings (SSSR count). The Kier molecular flexibility index (Phi) is 5.49. The van der Waals surface area contributed by atoms with Crippen LogP contribution in [0.5, 0.6) is 0 Å². The summed E-state index contributed by atoms with van der Waals surface area (Å²) in [7, 11) is 0. The van der Waals surface area contributed by atoms with Gasteiger partial charge in [0.2, 0.25) is 0 Å². The fraction of sp³-hybridized carbons (Fsp3) is 0.150. The van der Waals surface area contributed by atoms with Gasteiger partial charge in [0.15, 0.2) is 0 Å². The van der Waals surface area contributed by atoms with E-state index < -0.39 is 23.7 Å². The molecule has 1 N–H and O–H groups in total. The summed E-state index contributed by atoms with van der Waals surface area (Å²) in [5.74, 6) is -1.51. The highest BCUT2D eigenvalue weighted by atomic mass is 35.5. The maximum absolute atomic E-state index is 14.5. The highest BCUT2D eigenvalue weighted by Crippen LogP contribution is 2.33. The number of nitrogens with zero attached hydrogens (tertiary/aromatic N) is 2. The van der Waals surface area contributed by atoms with Gasteiger partial charge in [-0.05, 0) is 17.7 Å². The molecule has 0 aliphatic heterocycles. The van der Waals surface area contributed by atoms with Crippen LogP contribution in [0.15, 0.2) is 60.7 Å². The molecule has 0 aliphatic rings. The number of alkyl halides is 2. The minimum Gasteiger partial charge on any atom is -0.351 e. The SMILES string of the molecule is C=C=C(Nc1ccnc2cnc(Cl)cc12)[C@H](C)c1cccc(C(F)F)c1F. The molecule has 0 radical (unpaired) electrons. The topological polar surface area (TPSA) is 37.8 Å². The first-order chi connectivity index (χ1) is 12.9. The Balaban J connectivity index is 1.99. The maximum atomic E-state index is 14.5. The summed E-state index contributed by atoms with van der Waals surface area (Å²) in [6.45, 7) is 5.33. The minimum absolute atomic E-state index is 0.129. The number of hydrogen-bond acceptors (Lipinski definition) is 3. The number of halogens is 4. The van der Waals surface area contributed by atoms with Crippen molar-refractivity contribution in [3.05, 3.63) is 82.8 Å². The quantitative estimate of drug-likeness (QED) is 0.414. The van der Waals surface area contributed by atoms with Crippen LogP contribution in [0.25, 0.3) is 10.9 Å². The summed E-state index contributed by atoms with van der Waals surface area (Å²) in [6, 6.07) is 7.32. The van der Waals surface area contributed by atoms with Crippen LogP contribution in [0.3, 0.4) is 0 Å². The lowest BCUT2D eigenvalue weighted by molar-refractivity contribution is 0.146. The Morgan fingerprint density at radius 2 is 1.96 bits per heavy atom. The van der Waals surface area contributed by atoms with Crippen LogP contribution in [0, 0.1) is 5.82 Å². The van der Waals surface area contributed by atoms with E-state index in [1.807, 2.05) is 0 Å². The van der Waals surface area contributed by atoms with E-state index in [2.05, 4.69) is 27.6 Å². The van der Waals surface area contributed by atoms with Gasteiger partial charge in [-0.2, -0.15) is 0 Å². The Hall–Kier alpha value is -2.82. The molecular weight excluding hydrogens is 375 g/mol. The van der Waals surface area contributed by atoms with Gasteiger partial charge in [0, 0.05) is 23.2 Å². The summed E-state index contributed by atoms with van der Waals surface area (Å²) in [4.78, 5) is 8.20. The summed E-state index contributed by atoms with van der Waals surface area (Å²) in [5, 5.41) is 4.14. The lowest BCUT2D eigenvalue weighted by Crippen LogP contribution is -2.10. The van der Waals surface area contributed by atoms with Crippen LogP contribution in [-0.4, -0.2) is 9.97 Å². The molecule has 0 fully saturated rings. The van der Waals surface area contributed by atoms with Gasteiger partial charge in [-0.25, -0.2) is 18.2 Å².